The fourth-order valence-corrected chi connectivity index (χ4v) is 4.02. The highest BCUT2D eigenvalue weighted by atomic mass is 32.2. The van der Waals surface area contributed by atoms with E-state index in [1.165, 1.54) is 10.5 Å². The molecular formula is C19H24N4O3S. The van der Waals surface area contributed by atoms with Gasteiger partial charge >= 0.3 is 0 Å². The van der Waals surface area contributed by atoms with Gasteiger partial charge in [0.15, 0.2) is 0 Å². The lowest BCUT2D eigenvalue weighted by Gasteiger charge is -2.38. The quantitative estimate of drug-likeness (QED) is 0.760. The van der Waals surface area contributed by atoms with Gasteiger partial charge in [0.05, 0.1) is 11.3 Å². The van der Waals surface area contributed by atoms with Crippen molar-refractivity contribution < 1.29 is 13.2 Å². The van der Waals surface area contributed by atoms with E-state index in [0.717, 1.165) is 11.3 Å². The molecule has 0 spiro atoms. The molecule has 7 nitrogen and oxygen atoms in total. The van der Waals surface area contributed by atoms with E-state index in [2.05, 4.69) is 15.6 Å². The molecule has 144 valence electrons. The summed E-state index contributed by atoms with van der Waals surface area (Å²) in [6, 6.07) is 11.1. The Bertz CT molecular complexity index is 890. The molecule has 3 rings (SSSR count). The lowest BCUT2D eigenvalue weighted by molar-refractivity contribution is 0.102. The Balaban J connectivity index is 1.48. The number of carbonyl (C=O) groups excluding carboxylic acids is 1. The Kier molecular flexibility index (Phi) is 5.76. The van der Waals surface area contributed by atoms with E-state index in [-0.39, 0.29) is 17.6 Å². The Morgan fingerprint density at radius 1 is 1.19 bits per heavy atom. The number of carbonyl (C=O) groups is 1. The van der Waals surface area contributed by atoms with Gasteiger partial charge in [-0.1, -0.05) is 17.7 Å². The van der Waals surface area contributed by atoms with E-state index in [0.29, 0.717) is 31.0 Å². The van der Waals surface area contributed by atoms with Crippen molar-refractivity contribution in [1.82, 2.24) is 9.29 Å². The first-order valence-corrected chi connectivity index (χ1v) is 10.5. The molecule has 1 aliphatic heterocycles. The summed E-state index contributed by atoms with van der Waals surface area (Å²) in [7, 11) is -3.08. The maximum Gasteiger partial charge on any atom is 0.257 e. The second-order valence-corrected chi connectivity index (χ2v) is 8.97. The minimum absolute atomic E-state index is 0.140. The number of nitrogens with zero attached hydrogens (tertiary/aromatic N) is 2. The van der Waals surface area contributed by atoms with Crippen LogP contribution in [0.4, 0.5) is 11.5 Å². The summed E-state index contributed by atoms with van der Waals surface area (Å²) in [5.74, 6) is 0.870. The maximum absolute atomic E-state index is 12.3. The van der Waals surface area contributed by atoms with Gasteiger partial charge in [0.2, 0.25) is 10.0 Å². The topological polar surface area (TPSA) is 91.4 Å². The van der Waals surface area contributed by atoms with Gasteiger partial charge < -0.3 is 10.6 Å². The summed E-state index contributed by atoms with van der Waals surface area (Å²) in [6.07, 6.45) is 1.53. The molecule has 1 saturated heterocycles. The summed E-state index contributed by atoms with van der Waals surface area (Å²) in [5, 5.41) is 6.03. The molecule has 0 saturated carbocycles. The van der Waals surface area contributed by atoms with Gasteiger partial charge in [-0.25, -0.2) is 17.7 Å². The predicted octanol–water partition coefficient (Wildman–Crippen LogP) is 2.34. The molecule has 1 aromatic carbocycles. The second kappa shape index (κ2) is 8.06. The Morgan fingerprint density at radius 3 is 2.48 bits per heavy atom. The first kappa shape index (κ1) is 19.3. The van der Waals surface area contributed by atoms with Crippen LogP contribution in [-0.4, -0.2) is 49.0 Å². The van der Waals surface area contributed by atoms with E-state index in [4.69, 9.17) is 0 Å². The molecule has 0 unspecified atom stereocenters. The van der Waals surface area contributed by atoms with Crippen molar-refractivity contribution in [3.63, 3.8) is 0 Å². The van der Waals surface area contributed by atoms with Crippen LogP contribution in [-0.2, 0) is 10.0 Å². The SMILES string of the molecule is CCS(=O)(=O)N1CC(CNc2ccc(C(=O)Nc3ccc(C)cc3)cn2)C1. The first-order valence-electron chi connectivity index (χ1n) is 8.93. The summed E-state index contributed by atoms with van der Waals surface area (Å²) in [5.41, 5.74) is 2.35. The van der Waals surface area contributed by atoms with Gasteiger partial charge in [-0.2, -0.15) is 0 Å². The average Bonchev–Trinajstić information content (AvgIpc) is 2.62. The maximum atomic E-state index is 12.3. The molecule has 1 aromatic heterocycles. The lowest BCUT2D eigenvalue weighted by atomic mass is 10.0. The van der Waals surface area contributed by atoms with Crippen LogP contribution in [0.2, 0.25) is 0 Å². The van der Waals surface area contributed by atoms with Gasteiger partial charge in [-0.15, -0.1) is 0 Å². The minimum Gasteiger partial charge on any atom is -0.370 e. The molecule has 2 N–H and O–H groups in total. The Morgan fingerprint density at radius 2 is 1.89 bits per heavy atom. The van der Waals surface area contributed by atoms with Crippen LogP contribution in [0, 0.1) is 12.8 Å². The van der Waals surface area contributed by atoms with E-state index >= 15 is 0 Å². The fraction of sp³-hybridized carbons (Fsp3) is 0.368. The van der Waals surface area contributed by atoms with Crippen molar-refractivity contribution in [3.8, 4) is 0 Å². The number of hydrogen-bond acceptors (Lipinski definition) is 5. The monoisotopic (exact) mass is 388 g/mol. The summed E-state index contributed by atoms with van der Waals surface area (Å²) in [4.78, 5) is 16.5. The number of aryl methyl sites for hydroxylation is 1. The molecule has 1 fully saturated rings. The third-order valence-electron chi connectivity index (χ3n) is 4.59. The molecule has 1 aliphatic rings. The van der Waals surface area contributed by atoms with Crippen LogP contribution in [0.3, 0.4) is 0 Å². The van der Waals surface area contributed by atoms with Crippen molar-refractivity contribution in [1.29, 1.82) is 0 Å². The molecule has 27 heavy (non-hydrogen) atoms. The number of anilines is 2. The molecule has 0 radical (unpaired) electrons. The van der Waals surface area contributed by atoms with Crippen molar-refractivity contribution in [3.05, 3.63) is 53.7 Å². The van der Waals surface area contributed by atoms with Crippen LogP contribution in [0.5, 0.6) is 0 Å². The minimum atomic E-state index is -3.08. The average molecular weight is 388 g/mol. The van der Waals surface area contributed by atoms with Crippen LogP contribution in [0.25, 0.3) is 0 Å². The molecule has 2 aromatic rings. The summed E-state index contributed by atoms with van der Waals surface area (Å²) < 4.78 is 24.9. The van der Waals surface area contributed by atoms with E-state index in [9.17, 15) is 13.2 Å². The van der Waals surface area contributed by atoms with Crippen molar-refractivity contribution in [2.24, 2.45) is 5.92 Å². The second-order valence-electron chi connectivity index (χ2n) is 6.72. The molecular weight excluding hydrogens is 364 g/mol. The van der Waals surface area contributed by atoms with E-state index in [1.807, 2.05) is 31.2 Å². The summed E-state index contributed by atoms with van der Waals surface area (Å²) >= 11 is 0. The normalized spacial score (nSPS) is 15.2. The lowest BCUT2D eigenvalue weighted by Crippen LogP contribution is -2.52. The van der Waals surface area contributed by atoms with Gasteiger partial charge in [0.25, 0.3) is 5.91 Å². The highest BCUT2D eigenvalue weighted by Gasteiger charge is 2.34. The molecule has 0 atom stereocenters. The van der Waals surface area contributed by atoms with Crippen molar-refractivity contribution >= 4 is 27.4 Å². The smallest absolute Gasteiger partial charge is 0.257 e. The zero-order valence-corrected chi connectivity index (χ0v) is 16.3. The number of aromatic nitrogens is 1. The first-order chi connectivity index (χ1) is 12.9. The zero-order valence-electron chi connectivity index (χ0n) is 15.5. The third kappa shape index (κ3) is 4.84. The zero-order chi connectivity index (χ0) is 19.4. The number of benzene rings is 1. The molecule has 0 bridgehead atoms. The molecule has 0 aliphatic carbocycles. The van der Waals surface area contributed by atoms with Gasteiger partial charge in [-0.05, 0) is 38.1 Å². The summed E-state index contributed by atoms with van der Waals surface area (Å²) in [6.45, 7) is 5.38. The van der Waals surface area contributed by atoms with Crippen LogP contribution in [0.1, 0.15) is 22.8 Å². The molecule has 8 heteroatoms. The van der Waals surface area contributed by atoms with Crippen molar-refractivity contribution in [2.45, 2.75) is 13.8 Å². The van der Waals surface area contributed by atoms with Gasteiger partial charge in [-0.3, -0.25) is 4.79 Å². The molecule has 1 amide bonds. The number of pyridine rings is 1. The van der Waals surface area contributed by atoms with Crippen molar-refractivity contribution in [2.75, 3.05) is 36.0 Å². The predicted molar refractivity (Wildman–Crippen MR) is 106 cm³/mol. The number of rotatable bonds is 7. The van der Waals surface area contributed by atoms with E-state index < -0.39 is 10.0 Å². The third-order valence-corrected chi connectivity index (χ3v) is 6.40. The number of nitrogens with one attached hydrogen (secondary N) is 2. The Labute approximate surface area is 159 Å². The highest BCUT2D eigenvalue weighted by Crippen LogP contribution is 2.20. The highest BCUT2D eigenvalue weighted by molar-refractivity contribution is 7.89. The number of sulfonamides is 1. The van der Waals surface area contributed by atoms with Crippen LogP contribution < -0.4 is 10.6 Å². The number of hydrogen-bond donors (Lipinski definition) is 2. The number of amides is 1. The van der Waals surface area contributed by atoms with Gasteiger partial charge in [0, 0.05) is 37.4 Å². The molecule has 2 heterocycles. The van der Waals surface area contributed by atoms with Crippen LogP contribution >= 0.6 is 0 Å². The van der Waals surface area contributed by atoms with E-state index in [1.54, 1.807) is 19.1 Å². The van der Waals surface area contributed by atoms with Crippen LogP contribution in [0.15, 0.2) is 42.6 Å². The van der Waals surface area contributed by atoms with Gasteiger partial charge in [0.1, 0.15) is 5.82 Å². The largest absolute Gasteiger partial charge is 0.370 e. The standard InChI is InChI=1S/C19H24N4O3S/c1-3-27(25,26)23-12-15(13-23)10-20-18-9-6-16(11-21-18)19(24)22-17-7-4-14(2)5-8-17/h4-9,11,15H,3,10,12-13H2,1-2H3,(H,20,21)(H,22,24). The fourth-order valence-electron chi connectivity index (χ4n) is 2.78. The Hall–Kier alpha value is -2.45.